The summed E-state index contributed by atoms with van der Waals surface area (Å²) in [4.78, 5) is 2.31. The van der Waals surface area contributed by atoms with E-state index in [0.29, 0.717) is 11.3 Å². The third-order valence-electron chi connectivity index (χ3n) is 2.95. The van der Waals surface area contributed by atoms with Crippen molar-refractivity contribution in [2.24, 2.45) is 5.92 Å². The van der Waals surface area contributed by atoms with E-state index in [9.17, 15) is 0 Å². The van der Waals surface area contributed by atoms with Crippen LogP contribution in [-0.4, -0.2) is 13.1 Å². The number of nitrogens with two attached hydrogens (primary N) is 1. The lowest BCUT2D eigenvalue weighted by molar-refractivity contribution is 0.659. The Balaban J connectivity index is 2.26. The molecule has 0 aromatic heterocycles. The van der Waals surface area contributed by atoms with Crippen LogP contribution in [0.25, 0.3) is 0 Å². The Morgan fingerprint density at radius 1 is 1.53 bits per heavy atom. The fourth-order valence-corrected chi connectivity index (χ4v) is 2.01. The molecule has 1 fully saturated rings. The quantitative estimate of drug-likeness (QED) is 0.707. The predicted molar refractivity (Wildman–Crippen MR) is 61.6 cm³/mol. The second kappa shape index (κ2) is 3.82. The zero-order chi connectivity index (χ0) is 10.8. The minimum Gasteiger partial charge on any atom is -0.398 e. The van der Waals surface area contributed by atoms with Crippen molar-refractivity contribution in [1.82, 2.24) is 0 Å². The molecule has 0 amide bonds. The van der Waals surface area contributed by atoms with E-state index < -0.39 is 0 Å². The second-order valence-corrected chi connectivity index (χ2v) is 4.22. The third kappa shape index (κ3) is 1.89. The summed E-state index contributed by atoms with van der Waals surface area (Å²) in [5.41, 5.74) is 7.94. The molecule has 1 atom stereocenters. The Morgan fingerprint density at radius 3 is 2.93 bits per heavy atom. The van der Waals surface area contributed by atoms with Gasteiger partial charge >= 0.3 is 0 Å². The lowest BCUT2D eigenvalue weighted by atomic mass is 10.1. The molecule has 0 saturated carbocycles. The number of nitrogen functional groups attached to an aromatic ring is 1. The van der Waals surface area contributed by atoms with Crippen LogP contribution in [0.1, 0.15) is 18.9 Å². The van der Waals surface area contributed by atoms with Gasteiger partial charge in [-0.25, -0.2) is 0 Å². The van der Waals surface area contributed by atoms with E-state index in [0.717, 1.165) is 24.7 Å². The molecule has 78 valence electrons. The zero-order valence-electron chi connectivity index (χ0n) is 8.90. The summed E-state index contributed by atoms with van der Waals surface area (Å²) < 4.78 is 0. The number of benzene rings is 1. The molecule has 3 nitrogen and oxygen atoms in total. The third-order valence-corrected chi connectivity index (χ3v) is 2.95. The number of hydrogen-bond donors (Lipinski definition) is 1. The maximum atomic E-state index is 8.89. The van der Waals surface area contributed by atoms with Crippen molar-refractivity contribution >= 4 is 11.4 Å². The Kier molecular flexibility index (Phi) is 2.51. The lowest BCUT2D eigenvalue weighted by Crippen LogP contribution is -2.19. The Morgan fingerprint density at radius 2 is 2.33 bits per heavy atom. The molecular weight excluding hydrogens is 186 g/mol. The maximum Gasteiger partial charge on any atom is 0.101 e. The summed E-state index contributed by atoms with van der Waals surface area (Å²) in [5.74, 6) is 0.744. The smallest absolute Gasteiger partial charge is 0.101 e. The molecule has 3 heteroatoms. The van der Waals surface area contributed by atoms with Gasteiger partial charge in [0.15, 0.2) is 0 Å². The number of nitriles is 1. The summed E-state index contributed by atoms with van der Waals surface area (Å²) in [6.07, 6.45) is 1.23. The molecular formula is C12H15N3. The summed E-state index contributed by atoms with van der Waals surface area (Å²) >= 11 is 0. The molecule has 1 saturated heterocycles. The van der Waals surface area contributed by atoms with Gasteiger partial charge in [-0.15, -0.1) is 0 Å². The van der Waals surface area contributed by atoms with Gasteiger partial charge in [0, 0.05) is 24.5 Å². The molecule has 1 aliphatic rings. The highest BCUT2D eigenvalue weighted by atomic mass is 15.1. The highest BCUT2D eigenvalue weighted by molar-refractivity contribution is 5.63. The molecule has 1 aliphatic heterocycles. The van der Waals surface area contributed by atoms with E-state index in [1.807, 2.05) is 18.2 Å². The molecule has 1 heterocycles. The molecule has 0 aliphatic carbocycles. The molecule has 15 heavy (non-hydrogen) atoms. The minimum atomic E-state index is 0.563. The topological polar surface area (TPSA) is 53.0 Å². The van der Waals surface area contributed by atoms with Gasteiger partial charge < -0.3 is 10.6 Å². The fraction of sp³-hybridized carbons (Fsp3) is 0.417. The number of rotatable bonds is 1. The van der Waals surface area contributed by atoms with Crippen LogP contribution in [0.4, 0.5) is 11.4 Å². The summed E-state index contributed by atoms with van der Waals surface area (Å²) in [6.45, 7) is 4.41. The normalized spacial score (nSPS) is 20.3. The van der Waals surface area contributed by atoms with Crippen LogP contribution < -0.4 is 10.6 Å². The maximum absolute atomic E-state index is 8.89. The van der Waals surface area contributed by atoms with Crippen LogP contribution in [-0.2, 0) is 0 Å². The van der Waals surface area contributed by atoms with Crippen LogP contribution >= 0.6 is 0 Å². The van der Waals surface area contributed by atoms with Gasteiger partial charge in [-0.05, 0) is 30.5 Å². The molecule has 1 aromatic rings. The van der Waals surface area contributed by atoms with Crippen molar-refractivity contribution in [3.8, 4) is 6.07 Å². The predicted octanol–water partition coefficient (Wildman–Crippen LogP) is 1.99. The lowest BCUT2D eigenvalue weighted by Gasteiger charge is -2.18. The van der Waals surface area contributed by atoms with Crippen molar-refractivity contribution in [1.29, 1.82) is 5.26 Å². The van der Waals surface area contributed by atoms with Crippen LogP contribution in [0, 0.1) is 17.2 Å². The molecule has 0 bridgehead atoms. The van der Waals surface area contributed by atoms with E-state index in [2.05, 4.69) is 17.9 Å². The fourth-order valence-electron chi connectivity index (χ4n) is 2.01. The molecule has 1 unspecified atom stereocenters. The molecule has 2 rings (SSSR count). The van der Waals surface area contributed by atoms with E-state index in [4.69, 9.17) is 11.0 Å². The average molecular weight is 201 g/mol. The monoisotopic (exact) mass is 201 g/mol. The first-order valence-electron chi connectivity index (χ1n) is 5.25. The first-order chi connectivity index (χ1) is 7.20. The molecule has 0 spiro atoms. The van der Waals surface area contributed by atoms with Crippen molar-refractivity contribution < 1.29 is 0 Å². The van der Waals surface area contributed by atoms with E-state index >= 15 is 0 Å². The highest BCUT2D eigenvalue weighted by Crippen LogP contribution is 2.26. The molecule has 1 aromatic carbocycles. The Bertz CT molecular complexity index is 406. The van der Waals surface area contributed by atoms with Gasteiger partial charge in [0.1, 0.15) is 6.07 Å². The van der Waals surface area contributed by atoms with Gasteiger partial charge in [-0.3, -0.25) is 0 Å². The minimum absolute atomic E-state index is 0.563. The Hall–Kier alpha value is -1.69. The number of anilines is 2. The van der Waals surface area contributed by atoms with Crippen LogP contribution in [0.2, 0.25) is 0 Å². The van der Waals surface area contributed by atoms with Crippen molar-refractivity contribution in [2.45, 2.75) is 13.3 Å². The van der Waals surface area contributed by atoms with Crippen molar-refractivity contribution in [2.75, 3.05) is 23.7 Å². The summed E-state index contributed by atoms with van der Waals surface area (Å²) in [7, 11) is 0. The van der Waals surface area contributed by atoms with Gasteiger partial charge in [0.2, 0.25) is 0 Å². The van der Waals surface area contributed by atoms with Crippen molar-refractivity contribution in [3.05, 3.63) is 23.8 Å². The van der Waals surface area contributed by atoms with E-state index in [-0.39, 0.29) is 0 Å². The van der Waals surface area contributed by atoms with Gasteiger partial charge in [-0.1, -0.05) is 6.92 Å². The van der Waals surface area contributed by atoms with E-state index in [1.54, 1.807) is 0 Å². The zero-order valence-corrected chi connectivity index (χ0v) is 8.90. The van der Waals surface area contributed by atoms with Gasteiger partial charge in [0.25, 0.3) is 0 Å². The number of nitrogens with zero attached hydrogens (tertiary/aromatic N) is 2. The van der Waals surface area contributed by atoms with Gasteiger partial charge in [0.05, 0.1) is 5.56 Å². The highest BCUT2D eigenvalue weighted by Gasteiger charge is 2.19. The van der Waals surface area contributed by atoms with Crippen LogP contribution in [0.3, 0.4) is 0 Å². The first-order valence-corrected chi connectivity index (χ1v) is 5.25. The van der Waals surface area contributed by atoms with Gasteiger partial charge in [-0.2, -0.15) is 5.26 Å². The summed E-state index contributed by atoms with van der Waals surface area (Å²) in [6, 6.07) is 7.81. The largest absolute Gasteiger partial charge is 0.398 e. The van der Waals surface area contributed by atoms with Crippen LogP contribution in [0.5, 0.6) is 0 Å². The standard InChI is InChI=1S/C12H15N3/c1-9-4-5-15(8-9)11-2-3-12(14)10(6-11)7-13/h2-3,6,9H,4-5,8,14H2,1H3. The van der Waals surface area contributed by atoms with Crippen LogP contribution in [0.15, 0.2) is 18.2 Å². The SMILES string of the molecule is CC1CCN(c2ccc(N)c(C#N)c2)C1. The van der Waals surface area contributed by atoms with E-state index in [1.165, 1.54) is 6.42 Å². The average Bonchev–Trinajstić information content (AvgIpc) is 2.66. The second-order valence-electron chi connectivity index (χ2n) is 4.22. The molecule has 0 radical (unpaired) electrons. The molecule has 2 N–H and O–H groups in total. The van der Waals surface area contributed by atoms with Crippen molar-refractivity contribution in [3.63, 3.8) is 0 Å². The Labute approximate surface area is 90.1 Å². The number of hydrogen-bond acceptors (Lipinski definition) is 3. The summed E-state index contributed by atoms with van der Waals surface area (Å²) in [5, 5.41) is 8.89. The first kappa shape index (κ1) is 9.85.